The first-order chi connectivity index (χ1) is 7.28. The number of rotatable bonds is 5. The van der Waals surface area contributed by atoms with Crippen molar-refractivity contribution in [2.45, 2.75) is 12.8 Å². The molecule has 1 aliphatic carbocycles. The second-order valence-corrected chi connectivity index (χ2v) is 4.34. The van der Waals surface area contributed by atoms with Crippen LogP contribution in [0.2, 0.25) is 0 Å². The van der Waals surface area contributed by atoms with Crippen molar-refractivity contribution in [3.05, 3.63) is 18.3 Å². The monoisotopic (exact) mass is 226 g/mol. The third-order valence-electron chi connectivity index (χ3n) is 2.86. The van der Waals surface area contributed by atoms with E-state index in [0.29, 0.717) is 5.41 Å². The first-order valence-corrected chi connectivity index (χ1v) is 5.61. The second-order valence-electron chi connectivity index (χ2n) is 4.07. The molecule has 3 nitrogen and oxygen atoms in total. The first-order valence-electron chi connectivity index (χ1n) is 5.08. The molecule has 0 aliphatic heterocycles. The van der Waals surface area contributed by atoms with Crippen molar-refractivity contribution in [3.8, 4) is 5.75 Å². The minimum Gasteiger partial charge on any atom is -0.495 e. The highest BCUT2D eigenvalue weighted by Gasteiger charge is 2.41. The van der Waals surface area contributed by atoms with Crippen LogP contribution in [-0.4, -0.2) is 24.5 Å². The van der Waals surface area contributed by atoms with Crippen molar-refractivity contribution in [3.63, 3.8) is 0 Å². The normalized spacial score (nSPS) is 17.2. The molecule has 0 spiro atoms. The molecule has 1 N–H and O–H groups in total. The van der Waals surface area contributed by atoms with Crippen LogP contribution in [0, 0.1) is 5.41 Å². The fourth-order valence-electron chi connectivity index (χ4n) is 1.42. The smallest absolute Gasteiger partial charge is 0.137 e. The molecule has 1 fully saturated rings. The zero-order valence-electron chi connectivity index (χ0n) is 8.79. The van der Waals surface area contributed by atoms with E-state index in [2.05, 4.69) is 10.3 Å². The van der Waals surface area contributed by atoms with E-state index in [-0.39, 0.29) is 0 Å². The summed E-state index contributed by atoms with van der Waals surface area (Å²) in [4.78, 5) is 4.24. The highest BCUT2D eigenvalue weighted by Crippen LogP contribution is 2.46. The Bertz CT molecular complexity index is 322. The standard InChI is InChI=1S/C11H15ClN2O/c1-15-9-2-3-10(13-6-9)14-8-11(7-12)4-5-11/h2-3,6H,4-5,7-8H2,1H3,(H,13,14). The summed E-state index contributed by atoms with van der Waals surface area (Å²) in [6, 6.07) is 3.82. The maximum Gasteiger partial charge on any atom is 0.137 e. The van der Waals surface area contributed by atoms with Gasteiger partial charge in [0.2, 0.25) is 0 Å². The van der Waals surface area contributed by atoms with Crippen LogP contribution in [0.1, 0.15) is 12.8 Å². The number of ether oxygens (including phenoxy) is 1. The molecule has 0 saturated heterocycles. The maximum absolute atomic E-state index is 5.89. The van der Waals surface area contributed by atoms with E-state index >= 15 is 0 Å². The predicted molar refractivity (Wildman–Crippen MR) is 61.7 cm³/mol. The van der Waals surface area contributed by atoms with Gasteiger partial charge in [-0.3, -0.25) is 0 Å². The Hall–Kier alpha value is -0.960. The van der Waals surface area contributed by atoms with Crippen LogP contribution < -0.4 is 10.1 Å². The van der Waals surface area contributed by atoms with E-state index in [9.17, 15) is 0 Å². The number of nitrogens with zero attached hydrogens (tertiary/aromatic N) is 1. The van der Waals surface area contributed by atoms with Gasteiger partial charge in [0.1, 0.15) is 11.6 Å². The van der Waals surface area contributed by atoms with Gasteiger partial charge in [-0.1, -0.05) is 0 Å². The Labute approximate surface area is 94.8 Å². The Morgan fingerprint density at radius 3 is 2.80 bits per heavy atom. The largest absolute Gasteiger partial charge is 0.495 e. The van der Waals surface area contributed by atoms with Crippen molar-refractivity contribution in [1.29, 1.82) is 0 Å². The molecule has 82 valence electrons. The van der Waals surface area contributed by atoms with Crippen molar-refractivity contribution in [1.82, 2.24) is 4.98 Å². The van der Waals surface area contributed by atoms with Gasteiger partial charge in [-0.25, -0.2) is 4.98 Å². The Morgan fingerprint density at radius 1 is 1.53 bits per heavy atom. The lowest BCUT2D eigenvalue weighted by Crippen LogP contribution is -2.17. The molecule has 0 aromatic carbocycles. The van der Waals surface area contributed by atoms with Gasteiger partial charge in [0.15, 0.2) is 0 Å². The molecule has 0 bridgehead atoms. The minimum atomic E-state index is 0.323. The topological polar surface area (TPSA) is 34.1 Å². The minimum absolute atomic E-state index is 0.323. The Morgan fingerprint density at radius 2 is 2.33 bits per heavy atom. The number of hydrogen-bond acceptors (Lipinski definition) is 3. The summed E-state index contributed by atoms with van der Waals surface area (Å²) in [5, 5.41) is 3.30. The third kappa shape index (κ3) is 2.53. The van der Waals surface area contributed by atoms with Gasteiger partial charge in [-0.15, -0.1) is 11.6 Å². The predicted octanol–water partition coefficient (Wildman–Crippen LogP) is 2.52. The summed E-state index contributed by atoms with van der Waals surface area (Å²) >= 11 is 5.89. The van der Waals surface area contributed by atoms with Gasteiger partial charge in [0, 0.05) is 17.8 Å². The molecule has 0 unspecified atom stereocenters. The van der Waals surface area contributed by atoms with Crippen LogP contribution in [0.3, 0.4) is 0 Å². The molecule has 1 saturated carbocycles. The molecule has 1 aromatic rings. The number of methoxy groups -OCH3 is 1. The van der Waals surface area contributed by atoms with Gasteiger partial charge < -0.3 is 10.1 Å². The summed E-state index contributed by atoms with van der Waals surface area (Å²) in [5.74, 6) is 2.39. The SMILES string of the molecule is COc1ccc(NCC2(CCl)CC2)nc1. The lowest BCUT2D eigenvalue weighted by atomic mass is 10.1. The Kier molecular flexibility index (Phi) is 3.00. The number of pyridine rings is 1. The molecule has 2 rings (SSSR count). The highest BCUT2D eigenvalue weighted by atomic mass is 35.5. The van der Waals surface area contributed by atoms with E-state index in [1.165, 1.54) is 12.8 Å². The van der Waals surface area contributed by atoms with Gasteiger partial charge in [-0.2, -0.15) is 0 Å². The molecule has 0 radical (unpaired) electrons. The van der Waals surface area contributed by atoms with Crippen molar-refractivity contribution >= 4 is 17.4 Å². The van der Waals surface area contributed by atoms with E-state index in [1.807, 2.05) is 12.1 Å². The number of hydrogen-bond donors (Lipinski definition) is 1. The average Bonchev–Trinajstić information content (AvgIpc) is 3.08. The highest BCUT2D eigenvalue weighted by molar-refractivity contribution is 6.18. The molecule has 1 heterocycles. The number of halogens is 1. The summed E-state index contributed by atoms with van der Waals surface area (Å²) in [6.45, 7) is 0.913. The lowest BCUT2D eigenvalue weighted by molar-refractivity contribution is 0.413. The molecule has 0 atom stereocenters. The number of aromatic nitrogens is 1. The van der Waals surface area contributed by atoms with Gasteiger partial charge in [-0.05, 0) is 25.0 Å². The Balaban J connectivity index is 1.88. The molecule has 0 amide bonds. The summed E-state index contributed by atoms with van der Waals surface area (Å²) in [5.41, 5.74) is 0.323. The van der Waals surface area contributed by atoms with Gasteiger partial charge >= 0.3 is 0 Å². The maximum atomic E-state index is 5.89. The second kappa shape index (κ2) is 4.27. The summed E-state index contributed by atoms with van der Waals surface area (Å²) in [6.07, 6.45) is 4.15. The van der Waals surface area contributed by atoms with Crippen molar-refractivity contribution in [2.24, 2.45) is 5.41 Å². The quantitative estimate of drug-likeness (QED) is 0.784. The fourth-order valence-corrected chi connectivity index (χ4v) is 1.78. The fraction of sp³-hybridized carbons (Fsp3) is 0.545. The number of nitrogens with one attached hydrogen (secondary N) is 1. The third-order valence-corrected chi connectivity index (χ3v) is 3.42. The van der Waals surface area contributed by atoms with Crippen molar-refractivity contribution < 1.29 is 4.74 Å². The van der Waals surface area contributed by atoms with E-state index in [1.54, 1.807) is 13.3 Å². The first kappa shape index (κ1) is 10.6. The van der Waals surface area contributed by atoms with Crippen LogP contribution in [0.5, 0.6) is 5.75 Å². The molecule has 1 aliphatic rings. The van der Waals surface area contributed by atoms with Crippen molar-refractivity contribution in [2.75, 3.05) is 24.9 Å². The zero-order valence-corrected chi connectivity index (χ0v) is 9.55. The van der Waals surface area contributed by atoms with Gasteiger partial charge in [0.25, 0.3) is 0 Å². The van der Waals surface area contributed by atoms with E-state index in [0.717, 1.165) is 24.0 Å². The summed E-state index contributed by atoms with van der Waals surface area (Å²) in [7, 11) is 1.64. The molecular formula is C11H15ClN2O. The van der Waals surface area contributed by atoms with Crippen LogP contribution in [0.15, 0.2) is 18.3 Å². The van der Waals surface area contributed by atoms with Gasteiger partial charge in [0.05, 0.1) is 13.3 Å². The average molecular weight is 227 g/mol. The molecule has 4 heteroatoms. The number of anilines is 1. The molecule has 1 aromatic heterocycles. The summed E-state index contributed by atoms with van der Waals surface area (Å²) < 4.78 is 5.04. The molecule has 15 heavy (non-hydrogen) atoms. The number of alkyl halides is 1. The van der Waals surface area contributed by atoms with Crippen LogP contribution in [0.4, 0.5) is 5.82 Å². The van der Waals surface area contributed by atoms with E-state index < -0.39 is 0 Å². The van der Waals surface area contributed by atoms with Crippen LogP contribution in [0.25, 0.3) is 0 Å². The van der Waals surface area contributed by atoms with Crippen LogP contribution >= 0.6 is 11.6 Å². The van der Waals surface area contributed by atoms with E-state index in [4.69, 9.17) is 16.3 Å². The lowest BCUT2D eigenvalue weighted by Gasteiger charge is -2.12. The van der Waals surface area contributed by atoms with Crippen LogP contribution in [-0.2, 0) is 0 Å². The zero-order chi connectivity index (χ0) is 10.7. The molecular weight excluding hydrogens is 212 g/mol.